The molecule has 1 heterocycles. The van der Waals surface area contributed by atoms with Crippen LogP contribution < -0.4 is 5.32 Å². The van der Waals surface area contributed by atoms with E-state index < -0.39 is 4.92 Å². The van der Waals surface area contributed by atoms with Gasteiger partial charge >= 0.3 is 0 Å². The van der Waals surface area contributed by atoms with Crippen molar-refractivity contribution >= 4 is 34.3 Å². The lowest BCUT2D eigenvalue weighted by atomic mass is 10.1. The number of para-hydroxylation sites is 1. The standard InChI is InChI=1S/C26H25N3O3S/c1-18-7-8-19(2)21(15-18)17-33-25-16-28(24-6-4-3-5-23(24)25)14-13-27-26(30)20-9-11-22(12-10-20)29(31)32/h3-12,15-16H,13-14,17H2,1-2H3,(H,27,30). The summed E-state index contributed by atoms with van der Waals surface area (Å²) in [5.41, 5.74) is 5.41. The molecule has 0 radical (unpaired) electrons. The molecule has 7 heteroatoms. The average molecular weight is 460 g/mol. The predicted octanol–water partition coefficient (Wildman–Crippen LogP) is 5.89. The first-order valence-electron chi connectivity index (χ1n) is 10.7. The molecule has 0 bridgehead atoms. The summed E-state index contributed by atoms with van der Waals surface area (Å²) >= 11 is 1.82. The molecular formula is C26H25N3O3S. The molecule has 168 valence electrons. The van der Waals surface area contributed by atoms with Crippen molar-refractivity contribution in [2.45, 2.75) is 31.0 Å². The summed E-state index contributed by atoms with van der Waals surface area (Å²) in [7, 11) is 0. The van der Waals surface area contributed by atoms with Crippen molar-refractivity contribution in [2.24, 2.45) is 0 Å². The molecule has 0 aliphatic heterocycles. The van der Waals surface area contributed by atoms with Gasteiger partial charge in [0.2, 0.25) is 0 Å². The third-order valence-electron chi connectivity index (χ3n) is 5.62. The lowest BCUT2D eigenvalue weighted by Crippen LogP contribution is -2.27. The normalized spacial score (nSPS) is 11.0. The molecule has 4 aromatic rings. The van der Waals surface area contributed by atoms with Crippen molar-refractivity contribution in [3.8, 4) is 0 Å². The lowest BCUT2D eigenvalue weighted by Gasteiger charge is -2.08. The molecule has 0 unspecified atom stereocenters. The minimum atomic E-state index is -0.477. The van der Waals surface area contributed by atoms with Crippen LogP contribution in [0.5, 0.6) is 0 Å². The van der Waals surface area contributed by atoms with Gasteiger partial charge in [0, 0.05) is 58.5 Å². The van der Waals surface area contributed by atoms with Gasteiger partial charge in [-0.25, -0.2) is 0 Å². The van der Waals surface area contributed by atoms with Gasteiger partial charge in [-0.1, -0.05) is 42.0 Å². The van der Waals surface area contributed by atoms with Gasteiger partial charge in [-0.05, 0) is 43.2 Å². The maximum absolute atomic E-state index is 12.4. The molecule has 0 spiro atoms. The smallest absolute Gasteiger partial charge is 0.269 e. The van der Waals surface area contributed by atoms with Gasteiger partial charge in [0.1, 0.15) is 0 Å². The lowest BCUT2D eigenvalue weighted by molar-refractivity contribution is -0.384. The van der Waals surface area contributed by atoms with Gasteiger partial charge < -0.3 is 9.88 Å². The average Bonchev–Trinajstić information content (AvgIpc) is 3.17. The first-order valence-corrected chi connectivity index (χ1v) is 11.7. The quantitative estimate of drug-likeness (QED) is 0.202. The first-order chi connectivity index (χ1) is 15.9. The molecule has 4 rings (SSSR count). The summed E-state index contributed by atoms with van der Waals surface area (Å²) in [5, 5.41) is 14.9. The number of nitrogens with zero attached hydrogens (tertiary/aromatic N) is 2. The number of thioether (sulfide) groups is 1. The van der Waals surface area contributed by atoms with E-state index in [9.17, 15) is 14.9 Å². The highest BCUT2D eigenvalue weighted by atomic mass is 32.2. The third-order valence-corrected chi connectivity index (χ3v) is 6.71. The van der Waals surface area contributed by atoms with Gasteiger partial charge in [0.05, 0.1) is 4.92 Å². The van der Waals surface area contributed by atoms with E-state index >= 15 is 0 Å². The number of benzene rings is 3. The predicted molar refractivity (Wildman–Crippen MR) is 133 cm³/mol. The number of nitro groups is 1. The number of rotatable bonds is 8. The summed E-state index contributed by atoms with van der Waals surface area (Å²) < 4.78 is 2.16. The molecule has 0 saturated carbocycles. The summed E-state index contributed by atoms with van der Waals surface area (Å²) in [4.78, 5) is 23.9. The number of fused-ring (bicyclic) bond motifs is 1. The van der Waals surface area contributed by atoms with Crippen LogP contribution in [0.4, 0.5) is 5.69 Å². The number of aryl methyl sites for hydroxylation is 2. The summed E-state index contributed by atoms with van der Waals surface area (Å²) in [6, 6.07) is 20.5. The van der Waals surface area contributed by atoms with Crippen LogP contribution in [0.15, 0.2) is 77.8 Å². The number of carbonyl (C=O) groups excluding carboxylic acids is 1. The van der Waals surface area contributed by atoms with Gasteiger partial charge in [-0.2, -0.15) is 0 Å². The van der Waals surface area contributed by atoms with E-state index in [1.54, 1.807) is 0 Å². The maximum Gasteiger partial charge on any atom is 0.269 e. The third kappa shape index (κ3) is 5.26. The fraction of sp³-hybridized carbons (Fsp3) is 0.192. The SMILES string of the molecule is Cc1ccc(C)c(CSc2cn(CCNC(=O)c3ccc([N+](=O)[O-])cc3)c3ccccc23)c1. The number of amides is 1. The minimum absolute atomic E-state index is 0.0313. The highest BCUT2D eigenvalue weighted by molar-refractivity contribution is 7.98. The van der Waals surface area contributed by atoms with E-state index in [-0.39, 0.29) is 11.6 Å². The van der Waals surface area contributed by atoms with E-state index in [2.05, 4.69) is 60.3 Å². The van der Waals surface area contributed by atoms with Crippen molar-refractivity contribution in [2.75, 3.05) is 6.54 Å². The molecule has 1 aromatic heterocycles. The minimum Gasteiger partial charge on any atom is -0.350 e. The topological polar surface area (TPSA) is 77.2 Å². The Morgan fingerprint density at radius 2 is 1.82 bits per heavy atom. The number of hydrogen-bond donors (Lipinski definition) is 1. The zero-order valence-corrected chi connectivity index (χ0v) is 19.4. The molecule has 6 nitrogen and oxygen atoms in total. The molecule has 1 N–H and O–H groups in total. The van der Waals surface area contributed by atoms with Gasteiger partial charge in [0.25, 0.3) is 11.6 Å². The molecule has 0 atom stereocenters. The largest absolute Gasteiger partial charge is 0.350 e. The van der Waals surface area contributed by atoms with E-state index in [4.69, 9.17) is 0 Å². The first kappa shape index (κ1) is 22.6. The van der Waals surface area contributed by atoms with Crippen molar-refractivity contribution in [1.82, 2.24) is 9.88 Å². The van der Waals surface area contributed by atoms with Gasteiger partial charge in [-0.3, -0.25) is 14.9 Å². The Morgan fingerprint density at radius 1 is 1.06 bits per heavy atom. The fourth-order valence-corrected chi connectivity index (χ4v) is 4.90. The van der Waals surface area contributed by atoms with Crippen LogP contribution >= 0.6 is 11.8 Å². The van der Waals surface area contributed by atoms with Crippen molar-refractivity contribution < 1.29 is 9.72 Å². The fourth-order valence-electron chi connectivity index (χ4n) is 3.75. The number of nitrogens with one attached hydrogen (secondary N) is 1. The van der Waals surface area contributed by atoms with Crippen LogP contribution in [0.3, 0.4) is 0 Å². The van der Waals surface area contributed by atoms with E-state index in [0.29, 0.717) is 18.7 Å². The van der Waals surface area contributed by atoms with Crippen LogP contribution in [0.1, 0.15) is 27.0 Å². The van der Waals surface area contributed by atoms with Crippen LogP contribution in [0.2, 0.25) is 0 Å². The second-order valence-electron chi connectivity index (χ2n) is 7.98. The zero-order valence-electron chi connectivity index (χ0n) is 18.6. The Labute approximate surface area is 196 Å². The number of hydrogen-bond acceptors (Lipinski definition) is 4. The van der Waals surface area contributed by atoms with Crippen molar-refractivity contribution in [3.05, 3.63) is 105 Å². The highest BCUT2D eigenvalue weighted by Gasteiger charge is 2.12. The molecule has 3 aromatic carbocycles. The van der Waals surface area contributed by atoms with Crippen molar-refractivity contribution in [1.29, 1.82) is 0 Å². The Balaban J connectivity index is 1.43. The zero-order chi connectivity index (χ0) is 23.4. The summed E-state index contributed by atoms with van der Waals surface area (Å²) in [5.74, 6) is 0.657. The van der Waals surface area contributed by atoms with Crippen LogP contribution in [0.25, 0.3) is 10.9 Å². The Hall–Kier alpha value is -3.58. The Morgan fingerprint density at radius 3 is 2.58 bits per heavy atom. The molecule has 1 amide bonds. The number of carbonyl (C=O) groups is 1. The van der Waals surface area contributed by atoms with Crippen LogP contribution in [-0.4, -0.2) is 21.9 Å². The van der Waals surface area contributed by atoms with E-state index in [1.165, 1.54) is 51.2 Å². The molecular weight excluding hydrogens is 434 g/mol. The van der Waals surface area contributed by atoms with Gasteiger partial charge in [0.15, 0.2) is 0 Å². The second kappa shape index (κ2) is 9.92. The molecule has 33 heavy (non-hydrogen) atoms. The number of non-ortho nitro benzene ring substituents is 1. The van der Waals surface area contributed by atoms with Crippen LogP contribution in [0, 0.1) is 24.0 Å². The van der Waals surface area contributed by atoms with E-state index in [1.807, 2.05) is 23.9 Å². The monoisotopic (exact) mass is 459 g/mol. The maximum atomic E-state index is 12.4. The second-order valence-corrected chi connectivity index (χ2v) is 9.00. The number of aromatic nitrogens is 1. The Kier molecular flexibility index (Phi) is 6.79. The molecule has 0 aliphatic carbocycles. The van der Waals surface area contributed by atoms with Crippen molar-refractivity contribution in [3.63, 3.8) is 0 Å². The molecule has 0 saturated heterocycles. The van der Waals surface area contributed by atoms with Crippen LogP contribution in [-0.2, 0) is 12.3 Å². The van der Waals surface area contributed by atoms with E-state index in [0.717, 1.165) is 11.3 Å². The summed E-state index contributed by atoms with van der Waals surface area (Å²) in [6.07, 6.45) is 2.15. The summed E-state index contributed by atoms with van der Waals surface area (Å²) in [6.45, 7) is 5.34. The highest BCUT2D eigenvalue weighted by Crippen LogP contribution is 2.33. The molecule has 0 aliphatic rings. The number of nitro benzene ring substituents is 1. The van der Waals surface area contributed by atoms with Gasteiger partial charge in [-0.15, -0.1) is 11.8 Å². The Bertz CT molecular complexity index is 1310. The molecule has 0 fully saturated rings.